The molecule has 1 N–H and O–H groups in total. The van der Waals surface area contributed by atoms with E-state index >= 15 is 0 Å². The van der Waals surface area contributed by atoms with E-state index in [0.717, 1.165) is 17.0 Å². The van der Waals surface area contributed by atoms with Crippen LogP contribution in [-0.4, -0.2) is 31.3 Å². The molecule has 0 aliphatic carbocycles. The number of hydrogen-bond donors (Lipinski definition) is 1. The maximum Gasteiger partial charge on any atom is 0.413 e. The van der Waals surface area contributed by atoms with Gasteiger partial charge in [-0.2, -0.15) is 0 Å². The summed E-state index contributed by atoms with van der Waals surface area (Å²) in [4.78, 5) is 24.9. The topological polar surface area (TPSA) is 84.7 Å². The van der Waals surface area contributed by atoms with Gasteiger partial charge in [0, 0.05) is 30.4 Å². The van der Waals surface area contributed by atoms with E-state index in [1.807, 2.05) is 13.8 Å². The van der Waals surface area contributed by atoms with Gasteiger partial charge in [0.05, 0.1) is 12.8 Å². The normalized spacial score (nSPS) is 10.3. The van der Waals surface area contributed by atoms with Gasteiger partial charge in [0.15, 0.2) is 0 Å². The Labute approximate surface area is 140 Å². The second-order valence-corrected chi connectivity index (χ2v) is 5.43. The lowest BCUT2D eigenvalue weighted by molar-refractivity contribution is -0.116. The summed E-state index contributed by atoms with van der Waals surface area (Å²) in [6.45, 7) is 3.70. The minimum atomic E-state index is -0.453. The predicted molar refractivity (Wildman–Crippen MR) is 90.2 cm³/mol. The van der Waals surface area contributed by atoms with Crippen LogP contribution in [0.4, 0.5) is 16.2 Å². The van der Waals surface area contributed by atoms with Crippen molar-refractivity contribution in [3.8, 4) is 0 Å². The molecule has 24 heavy (non-hydrogen) atoms. The molecule has 0 aliphatic heterocycles. The van der Waals surface area contributed by atoms with Crippen LogP contribution in [0.5, 0.6) is 0 Å². The lowest BCUT2D eigenvalue weighted by atomic mass is 10.1. The van der Waals surface area contributed by atoms with Gasteiger partial charge in [-0.3, -0.25) is 9.69 Å². The quantitative estimate of drug-likeness (QED) is 0.910. The average molecular weight is 331 g/mol. The number of carbonyl (C=O) groups is 2. The lowest BCUT2D eigenvalue weighted by Crippen LogP contribution is -2.25. The molecule has 0 saturated carbocycles. The molecule has 0 aliphatic rings. The smallest absolute Gasteiger partial charge is 0.413 e. The van der Waals surface area contributed by atoms with Crippen molar-refractivity contribution in [1.82, 2.24) is 5.16 Å². The summed E-state index contributed by atoms with van der Waals surface area (Å²) in [6.07, 6.45) is 0.467. The SMILES string of the molecule is COC(=O)N(C)c1ccc(NC(=O)CCc2c(C)noc2C)cc1. The first-order valence-corrected chi connectivity index (χ1v) is 7.55. The third kappa shape index (κ3) is 4.13. The van der Waals surface area contributed by atoms with Crippen LogP contribution in [0.15, 0.2) is 28.8 Å². The number of anilines is 2. The molecule has 1 aromatic carbocycles. The Morgan fingerprint density at radius 2 is 1.92 bits per heavy atom. The van der Waals surface area contributed by atoms with Crippen LogP contribution in [0, 0.1) is 13.8 Å². The largest absolute Gasteiger partial charge is 0.452 e. The zero-order valence-corrected chi connectivity index (χ0v) is 14.3. The second kappa shape index (κ2) is 7.63. The first-order valence-electron chi connectivity index (χ1n) is 7.55. The summed E-state index contributed by atoms with van der Waals surface area (Å²) in [5.74, 6) is 0.652. The first-order chi connectivity index (χ1) is 11.4. The number of nitrogens with one attached hydrogen (secondary N) is 1. The van der Waals surface area contributed by atoms with E-state index in [0.29, 0.717) is 24.2 Å². The predicted octanol–water partition coefficient (Wildman–Crippen LogP) is 3.07. The summed E-state index contributed by atoms with van der Waals surface area (Å²) < 4.78 is 9.74. The van der Waals surface area contributed by atoms with Gasteiger partial charge in [0.25, 0.3) is 0 Å². The molecule has 0 unspecified atom stereocenters. The number of ether oxygens (including phenoxy) is 1. The number of carbonyl (C=O) groups excluding carboxylic acids is 2. The third-order valence-electron chi connectivity index (χ3n) is 3.77. The van der Waals surface area contributed by atoms with E-state index in [2.05, 4.69) is 15.2 Å². The summed E-state index contributed by atoms with van der Waals surface area (Å²) in [5, 5.41) is 6.70. The molecule has 0 bridgehead atoms. The Bertz CT molecular complexity index is 702. The Morgan fingerprint density at radius 3 is 2.46 bits per heavy atom. The number of rotatable bonds is 5. The van der Waals surface area contributed by atoms with Gasteiger partial charge < -0.3 is 14.6 Å². The minimum Gasteiger partial charge on any atom is -0.452 e. The van der Waals surface area contributed by atoms with Crippen molar-refractivity contribution < 1.29 is 18.8 Å². The number of amides is 2. The third-order valence-corrected chi connectivity index (χ3v) is 3.77. The van der Waals surface area contributed by atoms with Gasteiger partial charge in [0.1, 0.15) is 5.76 Å². The number of aryl methyl sites for hydroxylation is 2. The van der Waals surface area contributed by atoms with Crippen LogP contribution in [-0.2, 0) is 16.0 Å². The molecule has 0 saturated heterocycles. The molecule has 7 heteroatoms. The molecular formula is C17H21N3O4. The summed E-state index contributed by atoms with van der Waals surface area (Å²) in [6, 6.07) is 6.95. The Morgan fingerprint density at radius 1 is 1.25 bits per heavy atom. The Kier molecular flexibility index (Phi) is 5.57. The van der Waals surface area contributed by atoms with Crippen LogP contribution < -0.4 is 10.2 Å². The highest BCUT2D eigenvalue weighted by Gasteiger charge is 2.12. The monoisotopic (exact) mass is 331 g/mol. The Hall–Kier alpha value is -2.83. The van der Waals surface area contributed by atoms with E-state index < -0.39 is 6.09 Å². The van der Waals surface area contributed by atoms with Gasteiger partial charge in [-0.05, 0) is 44.5 Å². The maximum atomic E-state index is 12.1. The molecular weight excluding hydrogens is 310 g/mol. The number of benzene rings is 1. The summed E-state index contributed by atoms with van der Waals surface area (Å²) >= 11 is 0. The fourth-order valence-corrected chi connectivity index (χ4v) is 2.33. The highest BCUT2D eigenvalue weighted by molar-refractivity contribution is 5.92. The molecule has 0 atom stereocenters. The molecule has 0 spiro atoms. The molecule has 128 valence electrons. The molecule has 1 aromatic heterocycles. The summed E-state index contributed by atoms with van der Waals surface area (Å²) in [7, 11) is 2.94. The number of hydrogen-bond acceptors (Lipinski definition) is 5. The van der Waals surface area contributed by atoms with E-state index in [4.69, 9.17) is 4.52 Å². The summed E-state index contributed by atoms with van der Waals surface area (Å²) in [5.41, 5.74) is 3.13. The number of aromatic nitrogens is 1. The highest BCUT2D eigenvalue weighted by atomic mass is 16.5. The molecule has 0 radical (unpaired) electrons. The Balaban J connectivity index is 1.91. The van der Waals surface area contributed by atoms with Gasteiger partial charge >= 0.3 is 6.09 Å². The van der Waals surface area contributed by atoms with E-state index in [1.54, 1.807) is 31.3 Å². The van der Waals surface area contributed by atoms with Crippen LogP contribution in [0.25, 0.3) is 0 Å². The van der Waals surface area contributed by atoms with Gasteiger partial charge in [-0.25, -0.2) is 4.79 Å². The van der Waals surface area contributed by atoms with E-state index in [9.17, 15) is 9.59 Å². The highest BCUT2D eigenvalue weighted by Crippen LogP contribution is 2.18. The number of methoxy groups -OCH3 is 1. The molecule has 2 aromatic rings. The fraction of sp³-hybridized carbons (Fsp3) is 0.353. The minimum absolute atomic E-state index is 0.0935. The zero-order valence-electron chi connectivity index (χ0n) is 14.3. The lowest BCUT2D eigenvalue weighted by Gasteiger charge is -2.15. The molecule has 2 rings (SSSR count). The van der Waals surface area contributed by atoms with Crippen molar-refractivity contribution in [3.63, 3.8) is 0 Å². The zero-order chi connectivity index (χ0) is 17.7. The standard InChI is InChI=1S/C17H21N3O4/c1-11-15(12(2)24-19-11)9-10-16(21)18-13-5-7-14(8-6-13)20(3)17(22)23-4/h5-8H,9-10H2,1-4H3,(H,18,21). The molecule has 0 fully saturated rings. The van der Waals surface area contributed by atoms with E-state index in [1.165, 1.54) is 12.0 Å². The van der Waals surface area contributed by atoms with Gasteiger partial charge in [-0.15, -0.1) is 0 Å². The van der Waals surface area contributed by atoms with Crippen LogP contribution in [0.3, 0.4) is 0 Å². The molecule has 2 amide bonds. The maximum absolute atomic E-state index is 12.1. The average Bonchev–Trinajstić information content (AvgIpc) is 2.90. The van der Waals surface area contributed by atoms with Crippen molar-refractivity contribution in [2.45, 2.75) is 26.7 Å². The van der Waals surface area contributed by atoms with Gasteiger partial charge in [0.2, 0.25) is 5.91 Å². The number of nitrogens with zero attached hydrogens (tertiary/aromatic N) is 2. The van der Waals surface area contributed by atoms with Crippen molar-refractivity contribution in [2.24, 2.45) is 0 Å². The van der Waals surface area contributed by atoms with Crippen LogP contribution in [0.1, 0.15) is 23.4 Å². The molecule has 7 nitrogen and oxygen atoms in total. The van der Waals surface area contributed by atoms with Crippen molar-refractivity contribution in [2.75, 3.05) is 24.4 Å². The fourth-order valence-electron chi connectivity index (χ4n) is 2.33. The van der Waals surface area contributed by atoms with E-state index in [-0.39, 0.29) is 5.91 Å². The van der Waals surface area contributed by atoms with Crippen molar-refractivity contribution in [3.05, 3.63) is 41.3 Å². The van der Waals surface area contributed by atoms with Crippen LogP contribution >= 0.6 is 0 Å². The van der Waals surface area contributed by atoms with Crippen molar-refractivity contribution >= 4 is 23.4 Å². The van der Waals surface area contributed by atoms with Crippen LogP contribution in [0.2, 0.25) is 0 Å². The second-order valence-electron chi connectivity index (χ2n) is 5.43. The molecule has 1 heterocycles. The first kappa shape index (κ1) is 17.5. The van der Waals surface area contributed by atoms with Gasteiger partial charge in [-0.1, -0.05) is 5.16 Å². The van der Waals surface area contributed by atoms with Crippen molar-refractivity contribution in [1.29, 1.82) is 0 Å².